The van der Waals surface area contributed by atoms with Gasteiger partial charge < -0.3 is 15.8 Å². The Kier molecular flexibility index (Phi) is 4.46. The van der Waals surface area contributed by atoms with Crippen molar-refractivity contribution in [2.75, 3.05) is 23.9 Å². The van der Waals surface area contributed by atoms with Gasteiger partial charge in [0, 0.05) is 0 Å². The highest BCUT2D eigenvalue weighted by Crippen LogP contribution is 2.25. The molecule has 1 aromatic heterocycles. The van der Waals surface area contributed by atoms with Crippen molar-refractivity contribution in [2.45, 2.75) is 12.1 Å². The molecule has 4 N–H and O–H groups in total. The predicted octanol–water partition coefficient (Wildman–Crippen LogP) is 1.43. The van der Waals surface area contributed by atoms with Crippen LogP contribution in [0.5, 0.6) is 5.75 Å². The van der Waals surface area contributed by atoms with Crippen molar-refractivity contribution >= 4 is 29.3 Å². The summed E-state index contributed by atoms with van der Waals surface area (Å²) < 4.78 is 5.20. The maximum atomic E-state index is 11.9. The summed E-state index contributed by atoms with van der Waals surface area (Å²) >= 11 is 1.20. The number of nitrogens with zero attached hydrogens (tertiary/aromatic N) is 2. The highest BCUT2D eigenvalue weighted by molar-refractivity contribution is 7.99. The van der Waals surface area contributed by atoms with Crippen molar-refractivity contribution in [2.24, 2.45) is 0 Å². The SMILES string of the molecule is COc1ccc(C)cc1NC(=O)CSc1n[nH]c(N)n1. The second-order valence-corrected chi connectivity index (χ2v) is 4.99. The Bertz CT molecular complexity index is 614. The lowest BCUT2D eigenvalue weighted by molar-refractivity contribution is -0.113. The monoisotopic (exact) mass is 293 g/mol. The minimum absolute atomic E-state index is 0.165. The molecule has 0 aliphatic heterocycles. The molecular formula is C12H15N5O2S. The van der Waals surface area contributed by atoms with Crippen molar-refractivity contribution in [3.8, 4) is 5.75 Å². The third kappa shape index (κ3) is 3.64. The van der Waals surface area contributed by atoms with Crippen molar-refractivity contribution in [3.63, 3.8) is 0 Å². The summed E-state index contributed by atoms with van der Waals surface area (Å²) in [6, 6.07) is 5.58. The number of ether oxygens (including phenoxy) is 1. The van der Waals surface area contributed by atoms with E-state index in [-0.39, 0.29) is 17.6 Å². The molecule has 0 saturated carbocycles. The summed E-state index contributed by atoms with van der Waals surface area (Å²) in [5, 5.41) is 9.59. The van der Waals surface area contributed by atoms with Crippen LogP contribution in [0.1, 0.15) is 5.56 Å². The fourth-order valence-corrected chi connectivity index (χ4v) is 2.16. The van der Waals surface area contributed by atoms with Gasteiger partial charge >= 0.3 is 0 Å². The first-order valence-electron chi connectivity index (χ1n) is 5.83. The Morgan fingerprint density at radius 2 is 2.35 bits per heavy atom. The van der Waals surface area contributed by atoms with Gasteiger partial charge in [0.05, 0.1) is 18.6 Å². The van der Waals surface area contributed by atoms with Crippen LogP contribution in [0.4, 0.5) is 11.6 Å². The lowest BCUT2D eigenvalue weighted by atomic mass is 10.2. The average Bonchev–Trinajstić information content (AvgIpc) is 2.83. The molecule has 0 aliphatic rings. The van der Waals surface area contributed by atoms with Gasteiger partial charge in [0.25, 0.3) is 0 Å². The van der Waals surface area contributed by atoms with Gasteiger partial charge in [0.15, 0.2) is 0 Å². The van der Waals surface area contributed by atoms with E-state index in [2.05, 4.69) is 20.5 Å². The normalized spacial score (nSPS) is 10.3. The summed E-state index contributed by atoms with van der Waals surface area (Å²) in [7, 11) is 1.56. The van der Waals surface area contributed by atoms with Crippen LogP contribution in [0.3, 0.4) is 0 Å². The van der Waals surface area contributed by atoms with Crippen LogP contribution in [0.25, 0.3) is 0 Å². The van der Waals surface area contributed by atoms with E-state index < -0.39 is 0 Å². The number of nitrogens with one attached hydrogen (secondary N) is 2. The lowest BCUT2D eigenvalue weighted by Crippen LogP contribution is -2.15. The third-order valence-electron chi connectivity index (χ3n) is 2.44. The molecule has 1 amide bonds. The van der Waals surface area contributed by atoms with Crippen LogP contribution < -0.4 is 15.8 Å². The van der Waals surface area contributed by atoms with Gasteiger partial charge in [0.1, 0.15) is 5.75 Å². The minimum Gasteiger partial charge on any atom is -0.495 e. The van der Waals surface area contributed by atoms with E-state index >= 15 is 0 Å². The Morgan fingerprint density at radius 1 is 1.55 bits per heavy atom. The highest BCUT2D eigenvalue weighted by atomic mass is 32.2. The molecule has 2 aromatic rings. The van der Waals surface area contributed by atoms with Crippen LogP contribution in [0.15, 0.2) is 23.4 Å². The zero-order valence-electron chi connectivity index (χ0n) is 11.1. The molecule has 2 rings (SSSR count). The van der Waals surface area contributed by atoms with E-state index in [9.17, 15) is 4.79 Å². The molecular weight excluding hydrogens is 278 g/mol. The number of benzene rings is 1. The zero-order valence-corrected chi connectivity index (χ0v) is 12.0. The second kappa shape index (κ2) is 6.29. The Balaban J connectivity index is 1.96. The molecule has 106 valence electrons. The number of hydrogen-bond acceptors (Lipinski definition) is 6. The van der Waals surface area contributed by atoms with Crippen LogP contribution >= 0.6 is 11.8 Å². The molecule has 20 heavy (non-hydrogen) atoms. The first-order valence-corrected chi connectivity index (χ1v) is 6.82. The van der Waals surface area contributed by atoms with Crippen molar-refractivity contribution < 1.29 is 9.53 Å². The van der Waals surface area contributed by atoms with Crippen LogP contribution in [-0.2, 0) is 4.79 Å². The van der Waals surface area contributed by atoms with Gasteiger partial charge in [-0.15, -0.1) is 5.10 Å². The average molecular weight is 293 g/mol. The number of rotatable bonds is 5. The first-order chi connectivity index (χ1) is 9.58. The molecule has 1 aromatic carbocycles. The van der Waals surface area contributed by atoms with Gasteiger partial charge in [-0.05, 0) is 24.6 Å². The minimum atomic E-state index is -0.165. The number of thioether (sulfide) groups is 1. The topological polar surface area (TPSA) is 106 Å². The van der Waals surface area contributed by atoms with Gasteiger partial charge in [-0.3, -0.25) is 4.79 Å². The number of carbonyl (C=O) groups is 1. The fraction of sp³-hybridized carbons (Fsp3) is 0.250. The molecule has 0 aliphatic carbocycles. The number of aryl methyl sites for hydroxylation is 1. The van der Waals surface area contributed by atoms with Crippen LogP contribution in [-0.4, -0.2) is 34.0 Å². The van der Waals surface area contributed by atoms with Gasteiger partial charge in [-0.1, -0.05) is 17.8 Å². The number of nitrogens with two attached hydrogens (primary N) is 1. The fourth-order valence-electron chi connectivity index (χ4n) is 1.56. The summed E-state index contributed by atoms with van der Waals surface area (Å²) in [5.41, 5.74) is 7.09. The first kappa shape index (κ1) is 14.2. The number of nitrogen functional groups attached to an aromatic ring is 1. The number of hydrogen-bond donors (Lipinski definition) is 3. The molecule has 0 radical (unpaired) electrons. The molecule has 8 heteroatoms. The highest BCUT2D eigenvalue weighted by Gasteiger charge is 2.10. The molecule has 7 nitrogen and oxygen atoms in total. The van der Waals surface area contributed by atoms with Crippen LogP contribution in [0.2, 0.25) is 0 Å². The molecule has 0 unspecified atom stereocenters. The standard InChI is InChI=1S/C12H15N5O2S/c1-7-3-4-9(19-2)8(5-7)14-10(18)6-20-12-15-11(13)16-17-12/h3-5H,6H2,1-2H3,(H,14,18)(H3,13,15,16,17). The van der Waals surface area contributed by atoms with Gasteiger partial charge in [-0.25, -0.2) is 5.10 Å². The van der Waals surface area contributed by atoms with E-state index in [1.54, 1.807) is 7.11 Å². The predicted molar refractivity (Wildman–Crippen MR) is 77.9 cm³/mol. The molecule has 0 spiro atoms. The van der Waals surface area contributed by atoms with E-state index in [0.29, 0.717) is 16.6 Å². The van der Waals surface area contributed by atoms with Gasteiger partial charge in [0.2, 0.25) is 17.0 Å². The molecule has 0 bridgehead atoms. The van der Waals surface area contributed by atoms with E-state index in [1.165, 1.54) is 11.8 Å². The summed E-state index contributed by atoms with van der Waals surface area (Å²) in [4.78, 5) is 15.8. The van der Waals surface area contributed by atoms with Crippen molar-refractivity contribution in [1.29, 1.82) is 0 Å². The molecule has 0 saturated heterocycles. The second-order valence-electron chi connectivity index (χ2n) is 4.04. The van der Waals surface area contributed by atoms with Crippen molar-refractivity contribution in [3.05, 3.63) is 23.8 Å². The van der Waals surface area contributed by atoms with Crippen LogP contribution in [0, 0.1) is 6.92 Å². The maximum absolute atomic E-state index is 11.9. The number of amides is 1. The summed E-state index contributed by atoms with van der Waals surface area (Å²) in [6.07, 6.45) is 0. The smallest absolute Gasteiger partial charge is 0.234 e. The lowest BCUT2D eigenvalue weighted by Gasteiger charge is -2.10. The molecule has 1 heterocycles. The van der Waals surface area contributed by atoms with Crippen molar-refractivity contribution in [1.82, 2.24) is 15.2 Å². The molecule has 0 atom stereocenters. The summed E-state index contributed by atoms with van der Waals surface area (Å²) in [5.74, 6) is 0.876. The maximum Gasteiger partial charge on any atom is 0.234 e. The number of methoxy groups -OCH3 is 1. The number of carbonyl (C=O) groups excluding carboxylic acids is 1. The zero-order chi connectivity index (χ0) is 14.5. The van der Waals surface area contributed by atoms with E-state index in [0.717, 1.165) is 5.56 Å². The number of H-pyrrole nitrogens is 1. The largest absolute Gasteiger partial charge is 0.495 e. The van der Waals surface area contributed by atoms with Gasteiger partial charge in [-0.2, -0.15) is 4.98 Å². The Labute approximate surface area is 120 Å². The Morgan fingerprint density at radius 3 is 3.00 bits per heavy atom. The van der Waals surface area contributed by atoms with E-state index in [1.807, 2.05) is 25.1 Å². The molecule has 0 fully saturated rings. The number of aromatic amines is 1. The third-order valence-corrected chi connectivity index (χ3v) is 3.29. The summed E-state index contributed by atoms with van der Waals surface area (Å²) in [6.45, 7) is 1.94. The quantitative estimate of drug-likeness (QED) is 0.720. The number of anilines is 2. The van der Waals surface area contributed by atoms with E-state index in [4.69, 9.17) is 10.5 Å². The number of aromatic nitrogens is 3. The Hall–Kier alpha value is -2.22.